The van der Waals surface area contributed by atoms with E-state index in [9.17, 15) is 4.39 Å². The van der Waals surface area contributed by atoms with E-state index in [1.54, 1.807) is 12.3 Å². The number of likely N-dealkylation sites (N-methyl/N-ethyl adjacent to an activating group) is 1. The lowest BCUT2D eigenvalue weighted by atomic mass is 10.1. The molecule has 1 aliphatic heterocycles. The van der Waals surface area contributed by atoms with Gasteiger partial charge in [-0.25, -0.2) is 9.37 Å². The third kappa shape index (κ3) is 3.27. The molecule has 0 amide bonds. The second-order valence-corrected chi connectivity index (χ2v) is 5.31. The Balaban J connectivity index is 2.13. The number of nitrogens with zero attached hydrogens (tertiary/aromatic N) is 3. The number of piperazine rings is 1. The van der Waals surface area contributed by atoms with E-state index in [0.717, 1.165) is 32.7 Å². The smallest absolute Gasteiger partial charge is 0.170 e. The lowest BCUT2D eigenvalue weighted by molar-refractivity contribution is 0.198. The highest BCUT2D eigenvalue weighted by Gasteiger charge is 2.25. The number of aromatic nitrogens is 1. The molecule has 1 unspecified atom stereocenters. The van der Waals surface area contributed by atoms with Gasteiger partial charge in [-0.2, -0.15) is 0 Å². The molecule has 0 aromatic carbocycles. The van der Waals surface area contributed by atoms with Crippen molar-refractivity contribution in [3.63, 3.8) is 0 Å². The lowest BCUT2D eigenvalue weighted by Crippen LogP contribution is -2.52. The average Bonchev–Trinajstić information content (AvgIpc) is 2.46. The van der Waals surface area contributed by atoms with Gasteiger partial charge < -0.3 is 10.2 Å². The van der Waals surface area contributed by atoms with Gasteiger partial charge in [-0.1, -0.05) is 13.8 Å². The van der Waals surface area contributed by atoms with Gasteiger partial charge in [0.1, 0.15) is 0 Å². The SMILES string of the molecule is CCNCc1ccnc(N2CCN(CC)C(C)C2)c1F. The van der Waals surface area contributed by atoms with Crippen LogP contribution in [0.25, 0.3) is 0 Å². The highest BCUT2D eigenvalue weighted by molar-refractivity contribution is 5.44. The van der Waals surface area contributed by atoms with Crippen molar-refractivity contribution in [3.05, 3.63) is 23.6 Å². The van der Waals surface area contributed by atoms with E-state index in [-0.39, 0.29) is 5.82 Å². The number of nitrogens with one attached hydrogen (secondary N) is 1. The number of hydrogen-bond donors (Lipinski definition) is 1. The first-order chi connectivity index (χ1) is 9.67. The van der Waals surface area contributed by atoms with Gasteiger partial charge >= 0.3 is 0 Å². The normalized spacial score (nSPS) is 20.4. The first-order valence-corrected chi connectivity index (χ1v) is 7.50. The Kier molecular flexibility index (Phi) is 5.31. The van der Waals surface area contributed by atoms with Crippen LogP contribution in [0.3, 0.4) is 0 Å². The summed E-state index contributed by atoms with van der Waals surface area (Å²) in [5.74, 6) is 0.327. The molecule has 2 rings (SSSR count). The van der Waals surface area contributed by atoms with E-state index in [2.05, 4.69) is 33.9 Å². The van der Waals surface area contributed by atoms with Crippen LogP contribution in [0.15, 0.2) is 12.3 Å². The fourth-order valence-corrected chi connectivity index (χ4v) is 2.75. The average molecular weight is 280 g/mol. The van der Waals surface area contributed by atoms with Gasteiger partial charge in [-0.3, -0.25) is 4.90 Å². The molecule has 0 saturated carbocycles. The van der Waals surface area contributed by atoms with E-state index in [0.29, 0.717) is 24.0 Å². The Labute approximate surface area is 121 Å². The number of hydrogen-bond acceptors (Lipinski definition) is 4. The highest BCUT2D eigenvalue weighted by atomic mass is 19.1. The molecule has 2 heterocycles. The fourth-order valence-electron chi connectivity index (χ4n) is 2.75. The Morgan fingerprint density at radius 2 is 2.20 bits per heavy atom. The molecule has 1 fully saturated rings. The number of anilines is 1. The summed E-state index contributed by atoms with van der Waals surface area (Å²) in [6, 6.07) is 2.19. The van der Waals surface area contributed by atoms with Crippen LogP contribution in [0.4, 0.5) is 10.2 Å². The molecule has 1 saturated heterocycles. The zero-order valence-corrected chi connectivity index (χ0v) is 12.7. The molecule has 1 N–H and O–H groups in total. The third-order valence-corrected chi connectivity index (χ3v) is 3.99. The minimum Gasteiger partial charge on any atom is -0.351 e. The minimum atomic E-state index is -0.175. The van der Waals surface area contributed by atoms with Crippen molar-refractivity contribution in [1.29, 1.82) is 0 Å². The first kappa shape index (κ1) is 15.2. The van der Waals surface area contributed by atoms with Gasteiger partial charge in [0.15, 0.2) is 11.6 Å². The molecule has 0 aliphatic carbocycles. The Bertz CT molecular complexity index is 438. The standard InChI is InChI=1S/C15H25FN4/c1-4-17-10-13-6-7-18-15(14(13)16)20-9-8-19(5-2)12(3)11-20/h6-7,12,17H,4-5,8-11H2,1-3H3. The monoisotopic (exact) mass is 280 g/mol. The molecule has 1 aliphatic rings. The Morgan fingerprint density at radius 1 is 1.40 bits per heavy atom. The van der Waals surface area contributed by atoms with Crippen molar-refractivity contribution in [2.45, 2.75) is 33.4 Å². The number of rotatable bonds is 5. The summed E-state index contributed by atoms with van der Waals surface area (Å²) >= 11 is 0. The summed E-state index contributed by atoms with van der Waals surface area (Å²) in [4.78, 5) is 8.75. The zero-order valence-electron chi connectivity index (χ0n) is 12.7. The van der Waals surface area contributed by atoms with E-state index >= 15 is 0 Å². The molecule has 0 radical (unpaired) electrons. The molecule has 0 spiro atoms. The predicted molar refractivity (Wildman–Crippen MR) is 80.5 cm³/mol. The summed E-state index contributed by atoms with van der Waals surface area (Å²) in [6.45, 7) is 11.5. The lowest BCUT2D eigenvalue weighted by Gasteiger charge is -2.40. The second kappa shape index (κ2) is 6.99. The molecule has 1 atom stereocenters. The number of halogens is 1. The Hall–Kier alpha value is -1.20. The number of pyridine rings is 1. The van der Waals surface area contributed by atoms with Crippen LogP contribution in [0.1, 0.15) is 26.3 Å². The maximum atomic E-state index is 14.5. The van der Waals surface area contributed by atoms with E-state index in [4.69, 9.17) is 0 Å². The molecule has 5 heteroatoms. The molecule has 112 valence electrons. The fraction of sp³-hybridized carbons (Fsp3) is 0.667. The van der Waals surface area contributed by atoms with Crippen molar-refractivity contribution in [3.8, 4) is 0 Å². The molecule has 20 heavy (non-hydrogen) atoms. The molecule has 1 aromatic rings. The van der Waals surface area contributed by atoms with Gasteiger partial charge in [0.25, 0.3) is 0 Å². The largest absolute Gasteiger partial charge is 0.351 e. The summed E-state index contributed by atoms with van der Waals surface area (Å²) in [7, 11) is 0. The van der Waals surface area contributed by atoms with Crippen LogP contribution in [0, 0.1) is 5.82 Å². The van der Waals surface area contributed by atoms with E-state index in [1.165, 1.54) is 0 Å². The van der Waals surface area contributed by atoms with Gasteiger partial charge in [0.2, 0.25) is 0 Å². The van der Waals surface area contributed by atoms with Crippen LogP contribution in [0.5, 0.6) is 0 Å². The van der Waals surface area contributed by atoms with Crippen molar-refractivity contribution >= 4 is 5.82 Å². The second-order valence-electron chi connectivity index (χ2n) is 5.31. The van der Waals surface area contributed by atoms with Gasteiger partial charge in [0, 0.05) is 44.0 Å². The molecular weight excluding hydrogens is 255 g/mol. The van der Waals surface area contributed by atoms with Crippen molar-refractivity contribution in [1.82, 2.24) is 15.2 Å². The molecule has 1 aromatic heterocycles. The van der Waals surface area contributed by atoms with Crippen LogP contribution in [-0.4, -0.2) is 48.6 Å². The highest BCUT2D eigenvalue weighted by Crippen LogP contribution is 2.22. The summed E-state index contributed by atoms with van der Waals surface area (Å²) in [5.41, 5.74) is 0.697. The van der Waals surface area contributed by atoms with Crippen LogP contribution in [-0.2, 0) is 6.54 Å². The third-order valence-electron chi connectivity index (χ3n) is 3.99. The van der Waals surface area contributed by atoms with Crippen molar-refractivity contribution < 1.29 is 4.39 Å². The van der Waals surface area contributed by atoms with Crippen LogP contribution >= 0.6 is 0 Å². The van der Waals surface area contributed by atoms with Crippen molar-refractivity contribution in [2.75, 3.05) is 37.6 Å². The topological polar surface area (TPSA) is 31.4 Å². The first-order valence-electron chi connectivity index (χ1n) is 7.50. The van der Waals surface area contributed by atoms with Crippen molar-refractivity contribution in [2.24, 2.45) is 0 Å². The summed E-state index contributed by atoms with van der Waals surface area (Å²) in [5, 5.41) is 3.17. The predicted octanol–water partition coefficient (Wildman–Crippen LogP) is 1.86. The van der Waals surface area contributed by atoms with Gasteiger partial charge in [-0.05, 0) is 26.1 Å². The van der Waals surface area contributed by atoms with Crippen LogP contribution in [0.2, 0.25) is 0 Å². The maximum absolute atomic E-state index is 14.5. The van der Waals surface area contributed by atoms with E-state index in [1.807, 2.05) is 6.92 Å². The summed E-state index contributed by atoms with van der Waals surface area (Å²) in [6.07, 6.45) is 1.71. The summed E-state index contributed by atoms with van der Waals surface area (Å²) < 4.78 is 14.5. The quantitative estimate of drug-likeness (QED) is 0.892. The molecule has 0 bridgehead atoms. The van der Waals surface area contributed by atoms with E-state index < -0.39 is 0 Å². The molecular formula is C15H25FN4. The molecule has 4 nitrogen and oxygen atoms in total. The van der Waals surface area contributed by atoms with Gasteiger partial charge in [0.05, 0.1) is 0 Å². The zero-order chi connectivity index (χ0) is 14.5. The maximum Gasteiger partial charge on any atom is 0.170 e. The minimum absolute atomic E-state index is 0.175. The van der Waals surface area contributed by atoms with Gasteiger partial charge in [-0.15, -0.1) is 0 Å². The van der Waals surface area contributed by atoms with Crippen LogP contribution < -0.4 is 10.2 Å². The Morgan fingerprint density at radius 3 is 2.85 bits per heavy atom.